The van der Waals surface area contributed by atoms with Crippen LogP contribution in [0.4, 0.5) is 23.7 Å². The third-order valence-corrected chi connectivity index (χ3v) is 3.31. The van der Waals surface area contributed by atoms with Gasteiger partial charge in [-0.15, -0.1) is 0 Å². The summed E-state index contributed by atoms with van der Waals surface area (Å²) in [7, 11) is 1.71. The predicted molar refractivity (Wildman–Crippen MR) is 111 cm³/mol. The molecular formula is C21H31F3N2O5. The van der Waals surface area contributed by atoms with Crippen LogP contribution in [0.3, 0.4) is 0 Å². The predicted octanol–water partition coefficient (Wildman–Crippen LogP) is 4.42. The van der Waals surface area contributed by atoms with Crippen molar-refractivity contribution in [3.05, 3.63) is 29.8 Å². The molecule has 1 atom stereocenters. The molecule has 0 fully saturated rings. The number of carbonyl (C=O) groups is 3. The lowest BCUT2D eigenvalue weighted by molar-refractivity contribution is -0.153. The maximum absolute atomic E-state index is 12.4. The van der Waals surface area contributed by atoms with E-state index in [1.807, 2.05) is 34.6 Å². The fourth-order valence-electron chi connectivity index (χ4n) is 2.15. The first-order valence-corrected chi connectivity index (χ1v) is 9.64. The molecule has 0 aliphatic rings. The number of benzene rings is 1. The lowest BCUT2D eigenvalue weighted by atomic mass is 10.1. The van der Waals surface area contributed by atoms with Crippen molar-refractivity contribution in [1.82, 2.24) is 5.32 Å². The van der Waals surface area contributed by atoms with Crippen LogP contribution in [-0.4, -0.2) is 43.6 Å². The van der Waals surface area contributed by atoms with Gasteiger partial charge in [0.25, 0.3) is 0 Å². The first-order chi connectivity index (χ1) is 14.2. The second-order valence-electron chi connectivity index (χ2n) is 8.03. The zero-order chi connectivity index (χ0) is 24.2. The van der Waals surface area contributed by atoms with Crippen LogP contribution in [0.25, 0.3) is 0 Å². The van der Waals surface area contributed by atoms with E-state index in [2.05, 4.69) is 10.6 Å². The van der Waals surface area contributed by atoms with Gasteiger partial charge in [0.1, 0.15) is 5.60 Å². The number of esters is 1. The van der Waals surface area contributed by atoms with Gasteiger partial charge in [-0.1, -0.05) is 13.8 Å². The van der Waals surface area contributed by atoms with Crippen LogP contribution in [0.5, 0.6) is 0 Å². The van der Waals surface area contributed by atoms with E-state index in [4.69, 9.17) is 9.47 Å². The summed E-state index contributed by atoms with van der Waals surface area (Å²) in [6.45, 7) is 9.56. The first kappa shape index (κ1) is 28.4. The highest BCUT2D eigenvalue weighted by Crippen LogP contribution is 2.29. The number of carbonyl (C=O) groups excluding carboxylic acids is 3. The lowest BCUT2D eigenvalue weighted by Gasteiger charge is -2.19. The average Bonchev–Trinajstić information content (AvgIpc) is 2.59. The fraction of sp³-hybridized carbons (Fsp3) is 0.571. The second-order valence-corrected chi connectivity index (χ2v) is 8.03. The van der Waals surface area contributed by atoms with Crippen molar-refractivity contribution in [3.63, 3.8) is 0 Å². The number of amides is 1. The van der Waals surface area contributed by atoms with Crippen LogP contribution < -0.4 is 10.6 Å². The Morgan fingerprint density at radius 3 is 2.03 bits per heavy atom. The van der Waals surface area contributed by atoms with E-state index in [0.29, 0.717) is 12.7 Å². The molecule has 0 aromatic heterocycles. The molecule has 1 aromatic rings. The second kappa shape index (κ2) is 12.9. The Morgan fingerprint density at radius 1 is 1.10 bits per heavy atom. The average molecular weight is 448 g/mol. The molecule has 7 nitrogen and oxygen atoms in total. The van der Waals surface area contributed by atoms with Crippen molar-refractivity contribution in [1.29, 1.82) is 0 Å². The van der Waals surface area contributed by atoms with Gasteiger partial charge < -0.3 is 14.8 Å². The number of alkyl halides is 3. The number of likely N-dealkylation sites (N-methyl/N-ethyl adjacent to an activating group) is 1. The number of aldehydes is 1. The van der Waals surface area contributed by atoms with E-state index in [-0.39, 0.29) is 29.7 Å². The Bertz CT molecular complexity index is 698. The summed E-state index contributed by atoms with van der Waals surface area (Å²) in [4.78, 5) is 33.1. The van der Waals surface area contributed by atoms with Crippen molar-refractivity contribution in [2.24, 2.45) is 5.92 Å². The van der Waals surface area contributed by atoms with Crippen LogP contribution >= 0.6 is 0 Å². The van der Waals surface area contributed by atoms with Crippen molar-refractivity contribution in [2.75, 3.05) is 18.9 Å². The number of hydrogen-bond donors (Lipinski definition) is 2. The standard InChI is InChI=1S/C14H16F3NO3.C7H15NO2/c1-9(2)7-12(8-19)21-13(20)18-11-5-3-10(4-6-11)14(15,16)17;1-7(2,3)10-6(9)5-8-4/h3-6,8-9,12H,7H2,1-2H3,(H,18,20);8H,5H2,1-4H3. The number of nitrogens with one attached hydrogen (secondary N) is 2. The molecule has 0 saturated heterocycles. The normalized spacial score (nSPS) is 12.3. The monoisotopic (exact) mass is 448 g/mol. The summed E-state index contributed by atoms with van der Waals surface area (Å²) in [6, 6.07) is 3.92. The highest BCUT2D eigenvalue weighted by atomic mass is 19.4. The van der Waals surface area contributed by atoms with Crippen molar-refractivity contribution in [3.8, 4) is 0 Å². The highest BCUT2D eigenvalue weighted by Gasteiger charge is 2.30. The summed E-state index contributed by atoms with van der Waals surface area (Å²) >= 11 is 0. The minimum Gasteiger partial charge on any atom is -0.459 e. The number of rotatable bonds is 7. The minimum absolute atomic E-state index is 0.155. The Labute approximate surface area is 180 Å². The molecule has 10 heteroatoms. The maximum atomic E-state index is 12.4. The number of halogens is 3. The van der Waals surface area contributed by atoms with Crippen molar-refractivity contribution in [2.45, 2.75) is 58.9 Å². The molecule has 176 valence electrons. The van der Waals surface area contributed by atoms with Gasteiger partial charge in [0, 0.05) is 5.69 Å². The van der Waals surface area contributed by atoms with Crippen LogP contribution in [0.1, 0.15) is 46.6 Å². The van der Waals surface area contributed by atoms with E-state index >= 15 is 0 Å². The van der Waals surface area contributed by atoms with Crippen molar-refractivity contribution < 1.29 is 37.0 Å². The topological polar surface area (TPSA) is 93.7 Å². The Balaban J connectivity index is 0.000000759. The van der Waals surface area contributed by atoms with Gasteiger partial charge in [0.2, 0.25) is 0 Å². The SMILES string of the molecule is CC(C)CC(C=O)OC(=O)Nc1ccc(C(F)(F)F)cc1.CNCC(=O)OC(C)(C)C. The third-order valence-electron chi connectivity index (χ3n) is 3.31. The molecule has 0 heterocycles. The molecule has 1 unspecified atom stereocenters. The fourth-order valence-corrected chi connectivity index (χ4v) is 2.15. The van der Waals surface area contributed by atoms with Crippen molar-refractivity contribution >= 4 is 24.0 Å². The summed E-state index contributed by atoms with van der Waals surface area (Å²) < 4.78 is 47.0. The van der Waals surface area contributed by atoms with E-state index in [1.165, 1.54) is 0 Å². The summed E-state index contributed by atoms with van der Waals surface area (Å²) in [5.41, 5.74) is -1.03. The molecule has 1 amide bonds. The van der Waals surface area contributed by atoms with Crippen LogP contribution in [0, 0.1) is 5.92 Å². The van der Waals surface area contributed by atoms with E-state index in [1.54, 1.807) is 7.05 Å². The first-order valence-electron chi connectivity index (χ1n) is 9.64. The number of hydrogen-bond acceptors (Lipinski definition) is 6. The number of anilines is 1. The molecule has 1 rings (SSSR count). The van der Waals surface area contributed by atoms with Gasteiger partial charge >= 0.3 is 18.2 Å². The van der Waals surface area contributed by atoms with Gasteiger partial charge in [-0.2, -0.15) is 13.2 Å². The largest absolute Gasteiger partial charge is 0.459 e. The highest BCUT2D eigenvalue weighted by molar-refractivity contribution is 5.85. The zero-order valence-electron chi connectivity index (χ0n) is 18.6. The van der Waals surface area contributed by atoms with E-state index < -0.39 is 23.9 Å². The van der Waals surface area contributed by atoms with Gasteiger partial charge in [-0.05, 0) is 64.4 Å². The molecule has 31 heavy (non-hydrogen) atoms. The molecule has 0 aliphatic carbocycles. The minimum atomic E-state index is -4.43. The summed E-state index contributed by atoms with van der Waals surface area (Å²) in [6.07, 6.45) is -5.29. The Hall–Kier alpha value is -2.62. The zero-order valence-corrected chi connectivity index (χ0v) is 18.6. The maximum Gasteiger partial charge on any atom is 0.416 e. The van der Waals surface area contributed by atoms with Gasteiger partial charge in [0.05, 0.1) is 12.1 Å². The molecule has 0 radical (unpaired) electrons. The molecule has 1 aromatic carbocycles. The third kappa shape index (κ3) is 14.1. The molecule has 0 aliphatic heterocycles. The van der Waals surface area contributed by atoms with Crippen LogP contribution in [0.15, 0.2) is 24.3 Å². The molecule has 0 saturated carbocycles. The summed E-state index contributed by atoms with van der Waals surface area (Å²) in [5.74, 6) is -0.0472. The smallest absolute Gasteiger partial charge is 0.416 e. The molecular weight excluding hydrogens is 417 g/mol. The Morgan fingerprint density at radius 2 is 1.65 bits per heavy atom. The van der Waals surface area contributed by atoms with Gasteiger partial charge in [-0.25, -0.2) is 4.79 Å². The van der Waals surface area contributed by atoms with E-state index in [9.17, 15) is 27.6 Å². The van der Waals surface area contributed by atoms with Crippen LogP contribution in [0.2, 0.25) is 0 Å². The van der Waals surface area contributed by atoms with Crippen LogP contribution in [-0.2, 0) is 25.2 Å². The molecule has 2 N–H and O–H groups in total. The quantitative estimate of drug-likeness (QED) is 0.474. The lowest BCUT2D eigenvalue weighted by Crippen LogP contribution is -2.29. The Kier molecular flexibility index (Phi) is 11.8. The number of ether oxygens (including phenoxy) is 2. The molecule has 0 spiro atoms. The van der Waals surface area contributed by atoms with E-state index in [0.717, 1.165) is 24.3 Å². The van der Waals surface area contributed by atoms with Gasteiger partial charge in [-0.3, -0.25) is 14.9 Å². The summed E-state index contributed by atoms with van der Waals surface area (Å²) in [5, 5.41) is 4.99. The molecule has 0 bridgehead atoms. The van der Waals surface area contributed by atoms with Gasteiger partial charge in [0.15, 0.2) is 12.4 Å².